The van der Waals surface area contributed by atoms with Gasteiger partial charge in [0.15, 0.2) is 0 Å². The van der Waals surface area contributed by atoms with Gasteiger partial charge >= 0.3 is 0 Å². The summed E-state index contributed by atoms with van der Waals surface area (Å²) in [5.74, 6) is -0.402. The molecule has 0 aliphatic carbocycles. The predicted molar refractivity (Wildman–Crippen MR) is 75.4 cm³/mol. The molecule has 1 N–H and O–H groups in total. The number of aromatic nitrogens is 2. The Morgan fingerprint density at radius 2 is 2.21 bits per heavy atom. The Hall–Kier alpha value is -1.20. The fraction of sp³-hybridized carbons (Fsp3) is 0.357. The highest BCUT2D eigenvalue weighted by Crippen LogP contribution is 2.28. The third-order valence-electron chi connectivity index (χ3n) is 3.02. The van der Waals surface area contributed by atoms with Gasteiger partial charge in [-0.25, -0.2) is 4.39 Å². The molecule has 19 heavy (non-hydrogen) atoms. The molecule has 0 saturated carbocycles. The first-order valence-corrected chi connectivity index (χ1v) is 6.97. The number of aliphatic hydroxyl groups is 1. The van der Waals surface area contributed by atoms with Crippen LogP contribution in [0, 0.1) is 12.7 Å². The Labute approximate surface area is 120 Å². The fourth-order valence-electron chi connectivity index (χ4n) is 2.17. The second-order valence-corrected chi connectivity index (χ2v) is 5.30. The van der Waals surface area contributed by atoms with Gasteiger partial charge in [-0.15, -0.1) is 0 Å². The van der Waals surface area contributed by atoms with Gasteiger partial charge in [0.05, 0.1) is 11.8 Å². The predicted octanol–water partition coefficient (Wildman–Crippen LogP) is 3.39. The van der Waals surface area contributed by atoms with Crippen molar-refractivity contribution in [3.05, 3.63) is 51.5 Å². The molecular formula is C14H16BrFN2O. The first-order valence-electron chi connectivity index (χ1n) is 6.18. The summed E-state index contributed by atoms with van der Waals surface area (Å²) in [5.41, 5.74) is 2.10. The maximum absolute atomic E-state index is 13.8. The summed E-state index contributed by atoms with van der Waals surface area (Å²) in [4.78, 5) is 0. The van der Waals surface area contributed by atoms with Crippen LogP contribution in [-0.4, -0.2) is 14.9 Å². The number of benzene rings is 1. The molecule has 2 aromatic rings. The molecule has 0 radical (unpaired) electrons. The lowest BCUT2D eigenvalue weighted by molar-refractivity contribution is 0.170. The Balaban J connectivity index is 2.28. The van der Waals surface area contributed by atoms with Crippen LogP contribution >= 0.6 is 15.9 Å². The van der Waals surface area contributed by atoms with Gasteiger partial charge in [0.1, 0.15) is 5.82 Å². The highest BCUT2D eigenvalue weighted by atomic mass is 79.9. The molecule has 3 nitrogen and oxygen atoms in total. The van der Waals surface area contributed by atoms with Crippen molar-refractivity contribution in [2.45, 2.75) is 32.9 Å². The summed E-state index contributed by atoms with van der Waals surface area (Å²) < 4.78 is 16.2. The van der Waals surface area contributed by atoms with Crippen molar-refractivity contribution in [1.29, 1.82) is 0 Å². The molecule has 0 amide bonds. The molecule has 1 unspecified atom stereocenters. The average molecular weight is 327 g/mol. The van der Waals surface area contributed by atoms with Gasteiger partial charge in [0.25, 0.3) is 0 Å². The van der Waals surface area contributed by atoms with E-state index >= 15 is 0 Å². The van der Waals surface area contributed by atoms with Crippen molar-refractivity contribution >= 4 is 15.9 Å². The fourth-order valence-corrected chi connectivity index (χ4v) is 2.77. The molecule has 0 aliphatic rings. The van der Waals surface area contributed by atoms with Crippen LogP contribution in [0.25, 0.3) is 0 Å². The van der Waals surface area contributed by atoms with Gasteiger partial charge in [0.2, 0.25) is 0 Å². The van der Waals surface area contributed by atoms with Crippen molar-refractivity contribution in [2.75, 3.05) is 0 Å². The Morgan fingerprint density at radius 1 is 1.47 bits per heavy atom. The van der Waals surface area contributed by atoms with Crippen molar-refractivity contribution in [1.82, 2.24) is 9.78 Å². The number of aryl methyl sites for hydroxylation is 2. The minimum atomic E-state index is -0.892. The third-order valence-corrected chi connectivity index (χ3v) is 3.71. The number of hydrogen-bond donors (Lipinski definition) is 1. The first kappa shape index (κ1) is 14.2. The van der Waals surface area contributed by atoms with E-state index < -0.39 is 11.9 Å². The van der Waals surface area contributed by atoms with Crippen molar-refractivity contribution in [3.8, 4) is 0 Å². The zero-order valence-corrected chi connectivity index (χ0v) is 12.5. The zero-order valence-electron chi connectivity index (χ0n) is 10.9. The minimum Gasteiger partial charge on any atom is -0.388 e. The van der Waals surface area contributed by atoms with E-state index in [4.69, 9.17) is 0 Å². The van der Waals surface area contributed by atoms with E-state index in [0.29, 0.717) is 16.5 Å². The van der Waals surface area contributed by atoms with E-state index in [0.717, 1.165) is 17.9 Å². The van der Waals surface area contributed by atoms with Crippen molar-refractivity contribution < 1.29 is 9.50 Å². The molecular weight excluding hydrogens is 311 g/mol. The quantitative estimate of drug-likeness (QED) is 0.935. The van der Waals surface area contributed by atoms with Crippen LogP contribution in [-0.2, 0) is 13.0 Å². The summed E-state index contributed by atoms with van der Waals surface area (Å²) in [6.07, 6.45) is -0.550. The Kier molecular flexibility index (Phi) is 4.37. The van der Waals surface area contributed by atoms with Gasteiger partial charge < -0.3 is 5.11 Å². The standard InChI is InChI=1S/C14H16BrFN2O/c1-3-18-10(7-9(2)17-18)8-13(19)14-11(15)5-4-6-12(14)16/h4-7,13,19H,3,8H2,1-2H3. The maximum Gasteiger partial charge on any atom is 0.130 e. The maximum atomic E-state index is 13.8. The molecule has 2 rings (SSSR count). The van der Waals surface area contributed by atoms with Crippen LogP contribution in [0.1, 0.15) is 30.0 Å². The van der Waals surface area contributed by atoms with Crippen LogP contribution in [0.5, 0.6) is 0 Å². The SMILES string of the molecule is CCn1nc(C)cc1CC(O)c1c(F)cccc1Br. The monoisotopic (exact) mass is 326 g/mol. The number of aliphatic hydroxyl groups excluding tert-OH is 1. The number of hydrogen-bond acceptors (Lipinski definition) is 2. The minimum absolute atomic E-state index is 0.295. The lowest BCUT2D eigenvalue weighted by atomic mass is 10.0. The summed E-state index contributed by atoms with van der Waals surface area (Å²) in [7, 11) is 0. The molecule has 1 atom stereocenters. The van der Waals surface area contributed by atoms with Gasteiger partial charge in [-0.1, -0.05) is 22.0 Å². The van der Waals surface area contributed by atoms with Gasteiger partial charge in [-0.2, -0.15) is 5.10 Å². The molecule has 5 heteroatoms. The zero-order chi connectivity index (χ0) is 14.0. The summed E-state index contributed by atoms with van der Waals surface area (Å²) in [6.45, 7) is 4.62. The second-order valence-electron chi connectivity index (χ2n) is 4.45. The summed E-state index contributed by atoms with van der Waals surface area (Å²) in [6, 6.07) is 6.60. The third kappa shape index (κ3) is 3.04. The topological polar surface area (TPSA) is 38.0 Å². The summed E-state index contributed by atoms with van der Waals surface area (Å²) in [5, 5.41) is 14.6. The van der Waals surface area contributed by atoms with E-state index in [2.05, 4.69) is 21.0 Å². The van der Waals surface area contributed by atoms with Gasteiger partial charge in [-0.3, -0.25) is 4.68 Å². The van der Waals surface area contributed by atoms with Crippen LogP contribution in [0.3, 0.4) is 0 Å². The Morgan fingerprint density at radius 3 is 2.84 bits per heavy atom. The lowest BCUT2D eigenvalue weighted by Gasteiger charge is -2.14. The average Bonchev–Trinajstić information content (AvgIpc) is 2.69. The molecule has 1 aromatic carbocycles. The molecule has 1 heterocycles. The molecule has 1 aromatic heterocycles. The molecule has 102 valence electrons. The second kappa shape index (κ2) is 5.84. The van der Waals surface area contributed by atoms with Crippen LogP contribution in [0.4, 0.5) is 4.39 Å². The molecule has 0 fully saturated rings. The molecule has 0 spiro atoms. The molecule has 0 bridgehead atoms. The van der Waals surface area contributed by atoms with Crippen molar-refractivity contribution in [3.63, 3.8) is 0 Å². The van der Waals surface area contributed by atoms with Crippen molar-refractivity contribution in [2.24, 2.45) is 0 Å². The molecule has 0 saturated heterocycles. The highest BCUT2D eigenvalue weighted by Gasteiger charge is 2.18. The van der Waals surface area contributed by atoms with Crippen LogP contribution in [0.2, 0.25) is 0 Å². The van der Waals surface area contributed by atoms with Gasteiger partial charge in [0, 0.05) is 28.7 Å². The number of nitrogens with zero attached hydrogens (tertiary/aromatic N) is 2. The summed E-state index contributed by atoms with van der Waals surface area (Å²) >= 11 is 3.28. The normalized spacial score (nSPS) is 12.7. The van der Waals surface area contributed by atoms with E-state index in [9.17, 15) is 9.50 Å². The highest BCUT2D eigenvalue weighted by molar-refractivity contribution is 9.10. The smallest absolute Gasteiger partial charge is 0.130 e. The van der Waals surface area contributed by atoms with Crippen LogP contribution < -0.4 is 0 Å². The number of halogens is 2. The lowest BCUT2D eigenvalue weighted by Crippen LogP contribution is -2.10. The Bertz CT molecular complexity index is 563. The number of rotatable bonds is 4. The van der Waals surface area contributed by atoms with E-state index in [1.165, 1.54) is 6.07 Å². The van der Waals surface area contributed by atoms with E-state index in [1.807, 2.05) is 24.6 Å². The van der Waals surface area contributed by atoms with Crippen LogP contribution in [0.15, 0.2) is 28.7 Å². The first-order chi connectivity index (χ1) is 9.02. The van der Waals surface area contributed by atoms with Gasteiger partial charge in [-0.05, 0) is 32.0 Å². The van der Waals surface area contributed by atoms with E-state index in [-0.39, 0.29) is 0 Å². The largest absolute Gasteiger partial charge is 0.388 e. The molecule has 0 aliphatic heterocycles. The van der Waals surface area contributed by atoms with E-state index in [1.54, 1.807) is 12.1 Å².